The Kier molecular flexibility index (Phi) is 5.11. The highest BCUT2D eigenvalue weighted by molar-refractivity contribution is 9.09. The van der Waals surface area contributed by atoms with Crippen molar-refractivity contribution in [2.75, 3.05) is 18.5 Å². The third-order valence-corrected chi connectivity index (χ3v) is 4.42. The van der Waals surface area contributed by atoms with E-state index in [9.17, 15) is 4.79 Å². The summed E-state index contributed by atoms with van der Waals surface area (Å²) in [6.45, 7) is 3.06. The van der Waals surface area contributed by atoms with Crippen molar-refractivity contribution in [3.05, 3.63) is 29.3 Å². The van der Waals surface area contributed by atoms with Gasteiger partial charge in [-0.15, -0.1) is 0 Å². The first kappa shape index (κ1) is 14.7. The predicted octanol–water partition coefficient (Wildman–Crippen LogP) is 3.35. The summed E-state index contributed by atoms with van der Waals surface area (Å²) in [5, 5.41) is 1.43. The lowest BCUT2D eigenvalue weighted by Gasteiger charge is -2.25. The van der Waals surface area contributed by atoms with Crippen molar-refractivity contribution in [3.8, 4) is 5.75 Å². The summed E-state index contributed by atoms with van der Waals surface area (Å²) in [5.74, 6) is 1.20. The Morgan fingerprint density at radius 3 is 3.05 bits per heavy atom. The maximum atomic E-state index is 12.2. The molecule has 104 valence electrons. The van der Waals surface area contributed by atoms with E-state index in [2.05, 4.69) is 22.9 Å². The first-order valence-corrected chi connectivity index (χ1v) is 7.85. The van der Waals surface area contributed by atoms with Crippen LogP contribution in [0.3, 0.4) is 0 Å². The van der Waals surface area contributed by atoms with Gasteiger partial charge in [0.15, 0.2) is 6.61 Å². The van der Waals surface area contributed by atoms with Gasteiger partial charge < -0.3 is 9.64 Å². The average Bonchev–Trinajstić information content (AvgIpc) is 2.77. The number of ether oxygens (including phenoxy) is 1. The van der Waals surface area contributed by atoms with E-state index in [4.69, 9.17) is 16.3 Å². The Morgan fingerprint density at radius 1 is 1.58 bits per heavy atom. The lowest BCUT2D eigenvalue weighted by atomic mass is 10.1. The molecule has 1 aromatic rings. The molecule has 1 saturated heterocycles. The van der Waals surface area contributed by atoms with E-state index in [1.165, 1.54) is 0 Å². The van der Waals surface area contributed by atoms with E-state index in [1.807, 2.05) is 4.90 Å². The maximum Gasteiger partial charge on any atom is 0.260 e. The third-order valence-electron chi connectivity index (χ3n) is 3.52. The van der Waals surface area contributed by atoms with Crippen LogP contribution in [0.1, 0.15) is 13.3 Å². The summed E-state index contributed by atoms with van der Waals surface area (Å²) in [6, 6.07) is 7.37. The predicted molar refractivity (Wildman–Crippen MR) is 80.0 cm³/mol. The Morgan fingerprint density at radius 2 is 2.37 bits per heavy atom. The van der Waals surface area contributed by atoms with Gasteiger partial charge in [0, 0.05) is 22.9 Å². The number of rotatable bonds is 4. The number of carbonyl (C=O) groups is 1. The van der Waals surface area contributed by atoms with Gasteiger partial charge in [0.05, 0.1) is 0 Å². The van der Waals surface area contributed by atoms with E-state index in [1.54, 1.807) is 24.3 Å². The van der Waals surface area contributed by atoms with Gasteiger partial charge in [0.1, 0.15) is 5.75 Å². The number of benzene rings is 1. The molecular weight excluding hydrogens is 330 g/mol. The van der Waals surface area contributed by atoms with Gasteiger partial charge in [-0.3, -0.25) is 4.79 Å². The van der Waals surface area contributed by atoms with Crippen molar-refractivity contribution in [1.29, 1.82) is 0 Å². The van der Waals surface area contributed by atoms with E-state index >= 15 is 0 Å². The minimum atomic E-state index is 0.0359. The van der Waals surface area contributed by atoms with Crippen LogP contribution in [0.2, 0.25) is 5.02 Å². The maximum absolute atomic E-state index is 12.2. The van der Waals surface area contributed by atoms with Gasteiger partial charge in [-0.1, -0.05) is 40.5 Å². The van der Waals surface area contributed by atoms with E-state index in [-0.39, 0.29) is 18.6 Å². The second-order valence-corrected chi connectivity index (χ2v) is 5.90. The molecule has 1 fully saturated rings. The van der Waals surface area contributed by atoms with Crippen molar-refractivity contribution in [2.45, 2.75) is 19.4 Å². The SMILES string of the molecule is CC1CCN(C(=O)COc2cccc(Cl)c2)C1CBr. The summed E-state index contributed by atoms with van der Waals surface area (Å²) >= 11 is 9.35. The molecule has 0 aromatic heterocycles. The zero-order chi connectivity index (χ0) is 13.8. The molecule has 0 saturated carbocycles. The summed E-state index contributed by atoms with van der Waals surface area (Å²) < 4.78 is 5.50. The molecule has 5 heteroatoms. The monoisotopic (exact) mass is 345 g/mol. The highest BCUT2D eigenvalue weighted by Crippen LogP contribution is 2.25. The van der Waals surface area contributed by atoms with Crippen LogP contribution in [0, 0.1) is 5.92 Å². The van der Waals surface area contributed by atoms with Crippen LogP contribution in [-0.2, 0) is 4.79 Å². The summed E-state index contributed by atoms with van der Waals surface area (Å²) in [4.78, 5) is 14.1. The number of likely N-dealkylation sites (tertiary alicyclic amines) is 1. The van der Waals surface area contributed by atoms with Crippen LogP contribution in [0.4, 0.5) is 0 Å². The largest absolute Gasteiger partial charge is 0.484 e. The second-order valence-electron chi connectivity index (χ2n) is 4.82. The lowest BCUT2D eigenvalue weighted by molar-refractivity contribution is -0.134. The van der Waals surface area contributed by atoms with E-state index in [0.29, 0.717) is 16.7 Å². The minimum absolute atomic E-state index is 0.0359. The summed E-state index contributed by atoms with van der Waals surface area (Å²) in [5.41, 5.74) is 0. The van der Waals surface area contributed by atoms with Crippen molar-refractivity contribution >= 4 is 33.4 Å². The highest BCUT2D eigenvalue weighted by Gasteiger charge is 2.33. The van der Waals surface area contributed by atoms with Crippen molar-refractivity contribution in [2.24, 2.45) is 5.92 Å². The molecule has 0 spiro atoms. The molecule has 2 atom stereocenters. The Labute approximate surface area is 127 Å². The fraction of sp³-hybridized carbons (Fsp3) is 0.500. The Balaban J connectivity index is 1.91. The van der Waals surface area contributed by atoms with Crippen molar-refractivity contribution in [3.63, 3.8) is 0 Å². The molecular formula is C14H17BrClNO2. The van der Waals surface area contributed by atoms with Crippen LogP contribution in [0.15, 0.2) is 24.3 Å². The van der Waals surface area contributed by atoms with Gasteiger partial charge in [0.25, 0.3) is 5.91 Å². The second kappa shape index (κ2) is 6.62. The molecule has 2 unspecified atom stereocenters. The molecule has 0 N–H and O–H groups in total. The number of alkyl halides is 1. The summed E-state index contributed by atoms with van der Waals surface area (Å²) in [7, 11) is 0. The normalized spacial score (nSPS) is 22.6. The molecule has 2 rings (SSSR count). The molecule has 0 bridgehead atoms. The fourth-order valence-electron chi connectivity index (χ4n) is 2.34. The van der Waals surface area contributed by atoms with E-state index < -0.39 is 0 Å². The number of hydrogen-bond donors (Lipinski definition) is 0. The Hall–Kier alpha value is -0.740. The van der Waals surface area contributed by atoms with Crippen molar-refractivity contribution in [1.82, 2.24) is 4.90 Å². The molecule has 1 amide bonds. The van der Waals surface area contributed by atoms with Crippen LogP contribution < -0.4 is 4.74 Å². The molecule has 1 aliphatic heterocycles. The summed E-state index contributed by atoms with van der Waals surface area (Å²) in [6.07, 6.45) is 1.05. The van der Waals surface area contributed by atoms with Gasteiger partial charge in [0.2, 0.25) is 0 Å². The highest BCUT2D eigenvalue weighted by atomic mass is 79.9. The number of halogens is 2. The zero-order valence-electron chi connectivity index (χ0n) is 10.8. The van der Waals surface area contributed by atoms with Gasteiger partial charge in [-0.2, -0.15) is 0 Å². The number of hydrogen-bond acceptors (Lipinski definition) is 2. The molecule has 0 radical (unpaired) electrons. The number of amides is 1. The topological polar surface area (TPSA) is 29.5 Å². The zero-order valence-corrected chi connectivity index (χ0v) is 13.2. The van der Waals surface area contributed by atoms with Crippen LogP contribution in [-0.4, -0.2) is 35.3 Å². The molecule has 1 aliphatic rings. The molecule has 1 aromatic carbocycles. The average molecular weight is 347 g/mol. The molecule has 0 aliphatic carbocycles. The first-order valence-electron chi connectivity index (χ1n) is 6.35. The van der Waals surface area contributed by atoms with Gasteiger partial charge in [-0.05, 0) is 30.5 Å². The lowest BCUT2D eigenvalue weighted by Crippen LogP contribution is -2.41. The van der Waals surface area contributed by atoms with Crippen LogP contribution in [0.5, 0.6) is 5.75 Å². The minimum Gasteiger partial charge on any atom is -0.484 e. The molecule has 1 heterocycles. The van der Waals surface area contributed by atoms with Crippen LogP contribution in [0.25, 0.3) is 0 Å². The van der Waals surface area contributed by atoms with Crippen molar-refractivity contribution < 1.29 is 9.53 Å². The Bertz CT molecular complexity index is 455. The molecule has 19 heavy (non-hydrogen) atoms. The van der Waals surface area contributed by atoms with Crippen LogP contribution >= 0.6 is 27.5 Å². The quantitative estimate of drug-likeness (QED) is 0.783. The first-order chi connectivity index (χ1) is 9.11. The van der Waals surface area contributed by atoms with Gasteiger partial charge >= 0.3 is 0 Å². The fourth-order valence-corrected chi connectivity index (χ4v) is 3.51. The third kappa shape index (κ3) is 3.63. The number of carbonyl (C=O) groups excluding carboxylic acids is 1. The number of nitrogens with zero attached hydrogens (tertiary/aromatic N) is 1. The van der Waals surface area contributed by atoms with Gasteiger partial charge in [-0.25, -0.2) is 0 Å². The smallest absolute Gasteiger partial charge is 0.260 e. The van der Waals surface area contributed by atoms with E-state index in [0.717, 1.165) is 18.3 Å². The molecule has 3 nitrogen and oxygen atoms in total. The standard InChI is InChI=1S/C14H17BrClNO2/c1-10-5-6-17(13(10)8-15)14(18)9-19-12-4-2-3-11(16)7-12/h2-4,7,10,13H,5-6,8-9H2,1H3.